The molecule has 1 amide bonds. The van der Waals surface area contributed by atoms with Crippen molar-refractivity contribution in [3.05, 3.63) is 35.9 Å². The molecule has 1 spiro atoms. The van der Waals surface area contributed by atoms with Crippen LogP contribution in [0.4, 0.5) is 8.78 Å². The number of hydrogen-bond acceptors (Lipinski definition) is 2. The van der Waals surface area contributed by atoms with Gasteiger partial charge in [0.25, 0.3) is 5.91 Å². The first kappa shape index (κ1) is 14.4. The van der Waals surface area contributed by atoms with Crippen LogP contribution in [0.25, 0.3) is 0 Å². The van der Waals surface area contributed by atoms with E-state index in [9.17, 15) is 13.6 Å². The number of carbonyl (C=O) groups excluding carboxylic acids is 1. The summed E-state index contributed by atoms with van der Waals surface area (Å²) in [5, 5.41) is 3.33. The fraction of sp³-hybridized carbons (Fsp3) is 0.562. The predicted octanol–water partition coefficient (Wildman–Crippen LogP) is 2.38. The van der Waals surface area contributed by atoms with E-state index in [-0.39, 0.29) is 11.0 Å². The summed E-state index contributed by atoms with van der Waals surface area (Å²) in [6, 6.07) is 7.36. The van der Waals surface area contributed by atoms with Crippen LogP contribution in [0, 0.1) is 5.41 Å². The average molecular weight is 294 g/mol. The van der Waals surface area contributed by atoms with E-state index in [1.165, 1.54) is 29.2 Å². The van der Waals surface area contributed by atoms with Gasteiger partial charge in [0.2, 0.25) is 0 Å². The maximum absolute atomic E-state index is 14.3. The Morgan fingerprint density at radius 2 is 1.81 bits per heavy atom. The number of hydrogen-bond donors (Lipinski definition) is 1. The topological polar surface area (TPSA) is 32.3 Å². The molecule has 0 unspecified atom stereocenters. The minimum atomic E-state index is -3.43. The van der Waals surface area contributed by atoms with Gasteiger partial charge in [-0.05, 0) is 31.2 Å². The van der Waals surface area contributed by atoms with Gasteiger partial charge in [0.05, 0.1) is 0 Å². The molecule has 0 aromatic heterocycles. The highest BCUT2D eigenvalue weighted by molar-refractivity contribution is 5.85. The molecule has 5 heteroatoms. The van der Waals surface area contributed by atoms with Crippen molar-refractivity contribution in [3.63, 3.8) is 0 Å². The molecule has 2 aliphatic heterocycles. The fourth-order valence-electron chi connectivity index (χ4n) is 3.38. The summed E-state index contributed by atoms with van der Waals surface area (Å²) in [5.74, 6) is -4.49. The maximum atomic E-state index is 14.3. The second-order valence-electron chi connectivity index (χ2n) is 6.16. The number of halogens is 2. The molecule has 0 aliphatic carbocycles. The Balaban J connectivity index is 1.69. The van der Waals surface area contributed by atoms with E-state index in [4.69, 9.17) is 0 Å². The zero-order valence-electron chi connectivity index (χ0n) is 11.9. The maximum Gasteiger partial charge on any atom is 0.349 e. The molecule has 3 nitrogen and oxygen atoms in total. The van der Waals surface area contributed by atoms with Crippen LogP contribution >= 0.6 is 0 Å². The third-order valence-electron chi connectivity index (χ3n) is 4.85. The number of nitrogens with zero attached hydrogens (tertiary/aromatic N) is 1. The van der Waals surface area contributed by atoms with Gasteiger partial charge < -0.3 is 10.2 Å². The van der Waals surface area contributed by atoms with Crippen LogP contribution in [0.1, 0.15) is 24.8 Å². The molecule has 2 fully saturated rings. The first-order valence-electron chi connectivity index (χ1n) is 7.47. The summed E-state index contributed by atoms with van der Waals surface area (Å²) < 4.78 is 28.6. The molecule has 1 N–H and O–H groups in total. The van der Waals surface area contributed by atoms with Gasteiger partial charge in [-0.1, -0.05) is 30.3 Å². The number of alkyl halides is 2. The van der Waals surface area contributed by atoms with Crippen LogP contribution in [0.5, 0.6) is 0 Å². The molecule has 1 aromatic carbocycles. The smallest absolute Gasteiger partial charge is 0.337 e. The first-order chi connectivity index (χ1) is 10.0. The molecular formula is C16H20F2N2O. The molecule has 114 valence electrons. The molecule has 0 saturated carbocycles. The zero-order valence-corrected chi connectivity index (χ0v) is 11.9. The molecule has 0 atom stereocenters. The first-order valence-corrected chi connectivity index (χ1v) is 7.47. The van der Waals surface area contributed by atoms with E-state index in [1.54, 1.807) is 6.07 Å². The molecule has 21 heavy (non-hydrogen) atoms. The standard InChI is InChI=1S/C16H20F2N2O/c17-16(18,13-4-2-1-3-5-13)14(21)20-10-7-15(8-11-20)6-9-19-12-15/h1-5,19H,6-12H2. The zero-order chi connectivity index (χ0) is 14.9. The highest BCUT2D eigenvalue weighted by Crippen LogP contribution is 2.39. The molecule has 0 radical (unpaired) electrons. The van der Waals surface area contributed by atoms with E-state index < -0.39 is 11.8 Å². The van der Waals surface area contributed by atoms with E-state index in [0.29, 0.717) is 13.1 Å². The van der Waals surface area contributed by atoms with Crippen molar-refractivity contribution >= 4 is 5.91 Å². The van der Waals surface area contributed by atoms with Crippen molar-refractivity contribution in [2.75, 3.05) is 26.2 Å². The number of piperidine rings is 1. The van der Waals surface area contributed by atoms with E-state index >= 15 is 0 Å². The van der Waals surface area contributed by atoms with Crippen LogP contribution in [-0.4, -0.2) is 37.0 Å². The second kappa shape index (κ2) is 5.37. The van der Waals surface area contributed by atoms with Crippen molar-refractivity contribution in [1.29, 1.82) is 0 Å². The molecule has 1 aromatic rings. The summed E-state index contributed by atoms with van der Waals surface area (Å²) in [6.07, 6.45) is 2.72. The number of carbonyl (C=O) groups is 1. The Hall–Kier alpha value is -1.49. The number of amides is 1. The third-order valence-corrected chi connectivity index (χ3v) is 4.85. The molecule has 2 aliphatic rings. The predicted molar refractivity (Wildman–Crippen MR) is 76.1 cm³/mol. The number of benzene rings is 1. The third kappa shape index (κ3) is 2.67. The van der Waals surface area contributed by atoms with Crippen molar-refractivity contribution in [1.82, 2.24) is 10.2 Å². The monoisotopic (exact) mass is 294 g/mol. The van der Waals surface area contributed by atoms with Crippen LogP contribution in [0.15, 0.2) is 30.3 Å². The Kier molecular flexibility index (Phi) is 3.69. The Morgan fingerprint density at radius 3 is 2.38 bits per heavy atom. The Bertz CT molecular complexity index is 502. The fourth-order valence-corrected chi connectivity index (χ4v) is 3.38. The minimum Gasteiger partial charge on any atom is -0.337 e. The normalized spacial score (nSPS) is 21.7. The van der Waals surface area contributed by atoms with Crippen LogP contribution in [-0.2, 0) is 10.7 Å². The minimum absolute atomic E-state index is 0.221. The van der Waals surface area contributed by atoms with E-state index in [2.05, 4.69) is 5.32 Å². The van der Waals surface area contributed by atoms with Crippen LogP contribution < -0.4 is 5.32 Å². The number of likely N-dealkylation sites (tertiary alicyclic amines) is 1. The summed E-state index contributed by atoms with van der Waals surface area (Å²) >= 11 is 0. The van der Waals surface area contributed by atoms with E-state index in [0.717, 1.165) is 32.4 Å². The van der Waals surface area contributed by atoms with Crippen molar-refractivity contribution < 1.29 is 13.6 Å². The van der Waals surface area contributed by atoms with Gasteiger partial charge in [-0.25, -0.2) is 0 Å². The van der Waals surface area contributed by atoms with Gasteiger partial charge in [-0.3, -0.25) is 4.79 Å². The lowest BCUT2D eigenvalue weighted by Gasteiger charge is -2.39. The van der Waals surface area contributed by atoms with Gasteiger partial charge in [0.1, 0.15) is 0 Å². The SMILES string of the molecule is O=C(N1CCC2(CCNC2)CC1)C(F)(F)c1ccccc1. The Morgan fingerprint density at radius 1 is 1.14 bits per heavy atom. The van der Waals surface area contributed by atoms with Crippen molar-refractivity contribution in [2.45, 2.75) is 25.2 Å². The van der Waals surface area contributed by atoms with Gasteiger partial charge in [-0.15, -0.1) is 0 Å². The summed E-state index contributed by atoms with van der Waals surface area (Å²) in [7, 11) is 0. The quantitative estimate of drug-likeness (QED) is 0.908. The average Bonchev–Trinajstić information content (AvgIpc) is 2.96. The molecule has 3 rings (SSSR count). The lowest BCUT2D eigenvalue weighted by molar-refractivity contribution is -0.161. The van der Waals surface area contributed by atoms with Gasteiger partial charge in [0.15, 0.2) is 0 Å². The van der Waals surface area contributed by atoms with Crippen molar-refractivity contribution in [2.24, 2.45) is 5.41 Å². The highest BCUT2D eigenvalue weighted by Gasteiger charge is 2.46. The lowest BCUT2D eigenvalue weighted by Crippen LogP contribution is -2.48. The van der Waals surface area contributed by atoms with Gasteiger partial charge in [0, 0.05) is 25.2 Å². The molecule has 2 saturated heterocycles. The van der Waals surface area contributed by atoms with Gasteiger partial charge in [-0.2, -0.15) is 8.78 Å². The summed E-state index contributed by atoms with van der Waals surface area (Å²) in [6.45, 7) is 2.81. The van der Waals surface area contributed by atoms with Crippen LogP contribution in [0.2, 0.25) is 0 Å². The van der Waals surface area contributed by atoms with Crippen molar-refractivity contribution in [3.8, 4) is 0 Å². The van der Waals surface area contributed by atoms with Crippen LogP contribution in [0.3, 0.4) is 0 Å². The highest BCUT2D eigenvalue weighted by atomic mass is 19.3. The largest absolute Gasteiger partial charge is 0.349 e. The molecule has 2 heterocycles. The van der Waals surface area contributed by atoms with E-state index in [1.807, 2.05) is 0 Å². The number of rotatable bonds is 2. The lowest BCUT2D eigenvalue weighted by atomic mass is 9.77. The van der Waals surface area contributed by atoms with Gasteiger partial charge >= 0.3 is 5.92 Å². The molecular weight excluding hydrogens is 274 g/mol. The summed E-state index contributed by atoms with van der Waals surface area (Å²) in [5.41, 5.74) is -0.00320. The second-order valence-corrected chi connectivity index (χ2v) is 6.16. The summed E-state index contributed by atoms with van der Waals surface area (Å²) in [4.78, 5) is 13.5. The number of nitrogens with one attached hydrogen (secondary N) is 1. The Labute approximate surface area is 123 Å². The molecule has 0 bridgehead atoms.